The Balaban J connectivity index is 0.0000000900. The molecule has 0 unspecified atom stereocenters. The maximum Gasteiger partial charge on any atom is 0 e. The van der Waals surface area contributed by atoms with Crippen molar-refractivity contribution >= 4 is 18.9 Å². The van der Waals surface area contributed by atoms with Crippen molar-refractivity contribution in [2.45, 2.75) is 0 Å². The van der Waals surface area contributed by atoms with E-state index in [2.05, 4.69) is 14.2 Å². The van der Waals surface area contributed by atoms with Crippen LogP contribution in [0, 0.1) is 0 Å². The molecule has 4 heavy (non-hydrogen) atoms. The first kappa shape index (κ1) is 4.00. The molecule has 0 saturated carbocycles. The molecule has 0 fully saturated rings. The molecule has 0 spiro atoms. The maximum absolute atomic E-state index is 3.50. The summed E-state index contributed by atoms with van der Waals surface area (Å²) in [4.78, 5) is 0. The molecule has 1 rings (SSSR count). The van der Waals surface area contributed by atoms with Gasteiger partial charge in [0.15, 0.2) is 0 Å². The van der Waals surface area contributed by atoms with Crippen molar-refractivity contribution in [3.05, 3.63) is 0 Å². The van der Waals surface area contributed by atoms with Crippen LogP contribution in [0.3, 0.4) is 0 Å². The number of rotatable bonds is 0. The first-order valence-electron chi connectivity index (χ1n) is 0.500. The van der Waals surface area contributed by atoms with Gasteiger partial charge in [0.25, 0.3) is 0 Å². The first-order chi connectivity index (χ1) is 1.50. The molecular formula is HLiO3. The van der Waals surface area contributed by atoms with Gasteiger partial charge in [-0.1, -0.05) is 0 Å². The van der Waals surface area contributed by atoms with E-state index in [0.29, 0.717) is 0 Å². The van der Waals surface area contributed by atoms with Gasteiger partial charge in [0.05, 0.1) is 0 Å². The smallest absolute Gasteiger partial charge is 0 e. The summed E-state index contributed by atoms with van der Waals surface area (Å²) in [6.45, 7) is 0. The predicted molar refractivity (Wildman–Crippen MR) is 10.4 cm³/mol. The van der Waals surface area contributed by atoms with Crippen LogP contribution < -0.4 is 0 Å². The van der Waals surface area contributed by atoms with Crippen molar-refractivity contribution in [1.82, 2.24) is 0 Å². The Morgan fingerprint density at radius 1 is 0.750 bits per heavy atom. The molecule has 0 atom stereocenters. The van der Waals surface area contributed by atoms with Crippen molar-refractivity contribution in [2.24, 2.45) is 0 Å². The average molecular weight is 55.9 g/mol. The largest absolute Gasteiger partial charge is 0 e. The van der Waals surface area contributed by atoms with Gasteiger partial charge in [-0.15, -0.1) is 0 Å². The first-order valence-corrected chi connectivity index (χ1v) is 0.500. The van der Waals surface area contributed by atoms with Gasteiger partial charge in [-0.2, -0.15) is 0 Å². The summed E-state index contributed by atoms with van der Waals surface area (Å²) in [7, 11) is 0. The molecule has 20 valence electrons. The van der Waals surface area contributed by atoms with Gasteiger partial charge in [0, 0.05) is 14.2 Å². The molecule has 1 aromatic heterocycles. The summed E-state index contributed by atoms with van der Waals surface area (Å²) in [5, 5.41) is 0. The van der Waals surface area contributed by atoms with Crippen LogP contribution in [0.4, 0.5) is 0 Å². The molecule has 0 aliphatic carbocycles. The molecule has 4 heteroatoms. The van der Waals surface area contributed by atoms with Gasteiger partial charge in [0.2, 0.25) is 0 Å². The zero-order valence-corrected chi connectivity index (χ0v) is 1.22. The Labute approximate surface area is 33.9 Å². The minimum Gasteiger partial charge on any atom is 0 e. The third-order valence-electron chi connectivity index (χ3n) is 0.0680. The number of hydrogen-bond acceptors (Lipinski definition) is 3. The fourth-order valence-electron chi connectivity index (χ4n) is 0. The van der Waals surface area contributed by atoms with Gasteiger partial charge in [-0.3, -0.25) is 0 Å². The van der Waals surface area contributed by atoms with E-state index in [1.54, 1.807) is 0 Å². The van der Waals surface area contributed by atoms with Crippen LogP contribution in [0.25, 0.3) is 0 Å². The monoisotopic (exact) mass is 56.0 g/mol. The summed E-state index contributed by atoms with van der Waals surface area (Å²) in [5.74, 6) is 0. The van der Waals surface area contributed by atoms with Crippen molar-refractivity contribution < 1.29 is 14.2 Å². The standard InChI is InChI=1S/Li.O3.H/c;1-2-3-1;. The van der Waals surface area contributed by atoms with E-state index in [1.165, 1.54) is 0 Å². The van der Waals surface area contributed by atoms with Gasteiger partial charge in [-0.05, 0) is 0 Å². The van der Waals surface area contributed by atoms with Crippen LogP contribution in [-0.2, 0) is 0 Å². The van der Waals surface area contributed by atoms with Crippen LogP contribution in [0.2, 0.25) is 0 Å². The second-order valence-electron chi connectivity index (χ2n) is 0.204. The molecule has 0 bridgehead atoms. The van der Waals surface area contributed by atoms with Crippen molar-refractivity contribution in [3.8, 4) is 0 Å². The third-order valence-corrected chi connectivity index (χ3v) is 0.0680. The SMILES string of the molecule is [LiH].o1oo1. The molecule has 0 N–H and O–H groups in total. The summed E-state index contributed by atoms with van der Waals surface area (Å²) in [6, 6.07) is 0. The Hall–Kier alpha value is -0.00260. The maximum atomic E-state index is 3.50. The zero-order chi connectivity index (χ0) is 2.12. The van der Waals surface area contributed by atoms with Crippen molar-refractivity contribution in [3.63, 3.8) is 0 Å². The van der Waals surface area contributed by atoms with Crippen LogP contribution >= 0.6 is 0 Å². The Morgan fingerprint density at radius 2 is 1.00 bits per heavy atom. The van der Waals surface area contributed by atoms with E-state index in [1.807, 2.05) is 0 Å². The van der Waals surface area contributed by atoms with Crippen molar-refractivity contribution in [2.75, 3.05) is 0 Å². The van der Waals surface area contributed by atoms with E-state index in [-0.39, 0.29) is 18.9 Å². The molecule has 0 aromatic carbocycles. The predicted octanol–water partition coefficient (Wildman–Crippen LogP) is -0.183. The molecule has 0 saturated heterocycles. The van der Waals surface area contributed by atoms with Gasteiger partial charge < -0.3 is 0 Å². The molecule has 1 heterocycles. The minimum absolute atomic E-state index is 0. The summed E-state index contributed by atoms with van der Waals surface area (Å²) in [5.41, 5.74) is 0. The molecular weight excluding hydrogens is 54.9 g/mol. The van der Waals surface area contributed by atoms with Crippen LogP contribution in [0.15, 0.2) is 14.2 Å². The fourth-order valence-corrected chi connectivity index (χ4v) is 0. The fraction of sp³-hybridized carbons (Fsp3) is 0. The third kappa shape index (κ3) is 2.00. The normalized spacial score (nSPS) is 6.00. The van der Waals surface area contributed by atoms with Crippen LogP contribution in [0.1, 0.15) is 0 Å². The Kier molecular flexibility index (Phi) is 1.33. The van der Waals surface area contributed by atoms with Crippen molar-refractivity contribution in [1.29, 1.82) is 0 Å². The zero-order valence-electron chi connectivity index (χ0n) is 1.22. The van der Waals surface area contributed by atoms with E-state index in [0.717, 1.165) is 0 Å². The summed E-state index contributed by atoms with van der Waals surface area (Å²) in [6.07, 6.45) is 0. The average Bonchev–Trinajstić information content (AvgIpc) is 1.46. The van der Waals surface area contributed by atoms with E-state index >= 15 is 0 Å². The minimum atomic E-state index is 0. The molecule has 0 aliphatic rings. The molecule has 1 aromatic rings. The van der Waals surface area contributed by atoms with Crippen LogP contribution in [0.5, 0.6) is 0 Å². The van der Waals surface area contributed by atoms with E-state index in [4.69, 9.17) is 0 Å². The van der Waals surface area contributed by atoms with Gasteiger partial charge in [-0.25, -0.2) is 0 Å². The second kappa shape index (κ2) is 1.33. The molecule has 0 radical (unpaired) electrons. The summed E-state index contributed by atoms with van der Waals surface area (Å²) >= 11 is 0. The Bertz CT molecular complexity index is 31.4. The molecule has 0 amide bonds. The van der Waals surface area contributed by atoms with E-state index in [9.17, 15) is 0 Å². The topological polar surface area (TPSA) is 39.4 Å². The van der Waals surface area contributed by atoms with Crippen LogP contribution in [-0.4, -0.2) is 18.9 Å². The van der Waals surface area contributed by atoms with Gasteiger partial charge >= 0.3 is 18.9 Å². The quantitative estimate of drug-likeness (QED) is 0.305. The van der Waals surface area contributed by atoms with Gasteiger partial charge in [0.1, 0.15) is 0 Å². The second-order valence-corrected chi connectivity index (χ2v) is 0.204. The Morgan fingerprint density at radius 3 is 1.00 bits per heavy atom. The van der Waals surface area contributed by atoms with E-state index < -0.39 is 0 Å². The molecule has 3 nitrogen and oxygen atoms in total. The summed E-state index contributed by atoms with van der Waals surface area (Å²) < 4.78 is 10.5. The molecule has 0 aliphatic heterocycles. The number of hydrogen-bond donors (Lipinski definition) is 0.